The smallest absolute Gasteiger partial charge is 0.407 e. The highest BCUT2D eigenvalue weighted by Gasteiger charge is 2.21. The van der Waals surface area contributed by atoms with E-state index in [1.54, 1.807) is 0 Å². The molecule has 0 saturated carbocycles. The first-order chi connectivity index (χ1) is 7.08. The number of benzene rings is 1. The second kappa shape index (κ2) is 3.47. The summed E-state index contributed by atoms with van der Waals surface area (Å²) in [6.07, 6.45) is -0.263. The molecule has 68 valence electrons. The van der Waals surface area contributed by atoms with E-state index in [4.69, 9.17) is 2.74 Å². The molecule has 3 heteroatoms. The number of carbonyl (C=O) groups excluding carboxylic acids is 1. The van der Waals surface area contributed by atoms with Gasteiger partial charge in [0.15, 0.2) is 0 Å². The summed E-state index contributed by atoms with van der Waals surface area (Å²) in [4.78, 5) is 10.9. The van der Waals surface area contributed by atoms with Crippen LogP contribution < -0.4 is 5.32 Å². The molecule has 0 spiro atoms. The van der Waals surface area contributed by atoms with Crippen molar-refractivity contribution in [1.29, 1.82) is 0 Å². The van der Waals surface area contributed by atoms with E-state index < -0.39 is 18.7 Å². The summed E-state index contributed by atoms with van der Waals surface area (Å²) < 4.78 is 19.5. The van der Waals surface area contributed by atoms with Crippen molar-refractivity contribution in [2.45, 2.75) is 12.5 Å². The molecule has 3 nitrogen and oxygen atoms in total. The van der Waals surface area contributed by atoms with Gasteiger partial charge in [0.2, 0.25) is 0 Å². The Morgan fingerprint density at radius 3 is 2.92 bits per heavy atom. The molecule has 1 N–H and O–H groups in total. The fraction of sp³-hybridized carbons (Fsp3) is 0.300. The number of ether oxygens (including phenoxy) is 1. The van der Waals surface area contributed by atoms with Gasteiger partial charge in [0.1, 0.15) is 6.56 Å². The first-order valence-corrected chi connectivity index (χ1v) is 4.11. The van der Waals surface area contributed by atoms with E-state index >= 15 is 0 Å². The van der Waals surface area contributed by atoms with E-state index in [1.165, 1.54) is 0 Å². The van der Waals surface area contributed by atoms with Gasteiger partial charge in [-0.15, -0.1) is 0 Å². The lowest BCUT2D eigenvalue weighted by Gasteiger charge is -2.05. The summed E-state index contributed by atoms with van der Waals surface area (Å²) >= 11 is 0. The Morgan fingerprint density at radius 2 is 2.31 bits per heavy atom. The van der Waals surface area contributed by atoms with Crippen LogP contribution in [0.1, 0.15) is 8.30 Å². The number of alkyl carbamates (subject to hydrolysis) is 1. The van der Waals surface area contributed by atoms with Crippen molar-refractivity contribution in [1.82, 2.24) is 5.32 Å². The van der Waals surface area contributed by atoms with Gasteiger partial charge in [-0.1, -0.05) is 30.3 Å². The van der Waals surface area contributed by atoms with Crippen molar-refractivity contribution in [3.05, 3.63) is 35.9 Å². The van der Waals surface area contributed by atoms with Gasteiger partial charge >= 0.3 is 6.09 Å². The molecule has 1 aliphatic rings. The van der Waals surface area contributed by atoms with Crippen molar-refractivity contribution in [3.63, 3.8) is 0 Å². The number of hydrogen-bond donors (Lipinski definition) is 1. The molecule has 0 aliphatic carbocycles. The van der Waals surface area contributed by atoms with Crippen molar-refractivity contribution in [2.24, 2.45) is 0 Å². The van der Waals surface area contributed by atoms with Gasteiger partial charge in [0.05, 0.1) is 8.78 Å². The minimum absolute atomic E-state index is 0.430. The predicted octanol–water partition coefficient (Wildman–Crippen LogP) is 1.34. The zero-order valence-corrected chi connectivity index (χ0v) is 6.99. The third kappa shape index (κ3) is 1.99. The molecule has 1 fully saturated rings. The second-order valence-corrected chi connectivity index (χ2v) is 2.89. The van der Waals surface area contributed by atoms with Gasteiger partial charge in [-0.25, -0.2) is 4.79 Å². The molecule has 0 radical (unpaired) electrons. The molecular formula is C10H11NO2. The van der Waals surface area contributed by atoms with Gasteiger partial charge in [0, 0.05) is 0 Å². The summed E-state index contributed by atoms with van der Waals surface area (Å²) in [6, 6.07) is 8.81. The number of cyclic esters (lactones) is 1. The summed E-state index contributed by atoms with van der Waals surface area (Å²) in [5.74, 6) is 0. The quantitative estimate of drug-likeness (QED) is 0.744. The molecule has 13 heavy (non-hydrogen) atoms. The number of rotatable bonds is 2. The lowest BCUT2D eigenvalue weighted by atomic mass is 10.1. The van der Waals surface area contributed by atoms with Crippen LogP contribution in [0.4, 0.5) is 4.79 Å². The van der Waals surface area contributed by atoms with E-state index in [1.807, 2.05) is 30.3 Å². The Labute approximate surface area is 79.5 Å². The van der Waals surface area contributed by atoms with E-state index in [-0.39, 0.29) is 0 Å². The zero-order valence-electron chi connectivity index (χ0n) is 8.99. The van der Waals surface area contributed by atoms with Gasteiger partial charge in [-0.2, -0.15) is 0 Å². The highest BCUT2D eigenvalue weighted by atomic mass is 16.6. The monoisotopic (exact) mass is 179 g/mol. The summed E-state index contributed by atoms with van der Waals surface area (Å²) in [5, 5.41) is 2.46. The standard InChI is InChI=1S/C10H11NO2/c12-10-11-9(7-13-10)6-8-4-2-1-3-5-8/h1-5,9H,6-7H2,(H,11,12)/t9-/m0/s1/i7D2. The van der Waals surface area contributed by atoms with E-state index in [9.17, 15) is 4.79 Å². The lowest BCUT2D eigenvalue weighted by Crippen LogP contribution is -2.28. The Hall–Kier alpha value is -1.51. The highest BCUT2D eigenvalue weighted by Crippen LogP contribution is 2.06. The average Bonchev–Trinajstić information content (AvgIpc) is 2.41. The molecular weight excluding hydrogens is 166 g/mol. The van der Waals surface area contributed by atoms with Crippen LogP contribution in [0.2, 0.25) is 0 Å². The van der Waals surface area contributed by atoms with Crippen LogP contribution in [0.15, 0.2) is 30.3 Å². The first kappa shape index (κ1) is 6.02. The van der Waals surface area contributed by atoms with Gasteiger partial charge in [0.25, 0.3) is 0 Å². The topological polar surface area (TPSA) is 38.3 Å². The molecule has 0 unspecified atom stereocenters. The summed E-state index contributed by atoms with van der Waals surface area (Å²) in [6.45, 7) is -1.92. The number of nitrogens with one attached hydrogen (secondary N) is 1. The van der Waals surface area contributed by atoms with Gasteiger partial charge < -0.3 is 10.1 Å². The molecule has 2 rings (SSSR count). The first-order valence-electron chi connectivity index (χ1n) is 5.11. The largest absolute Gasteiger partial charge is 0.447 e. The van der Waals surface area contributed by atoms with E-state index in [0.717, 1.165) is 5.56 Å². The number of amides is 1. The SMILES string of the molecule is [2H]C1([2H])OC(=O)N[C@H]1Cc1ccccc1. The van der Waals surface area contributed by atoms with Crippen molar-refractivity contribution >= 4 is 6.09 Å². The van der Waals surface area contributed by atoms with Crippen LogP contribution in [0.3, 0.4) is 0 Å². The molecule has 1 aliphatic heterocycles. The molecule has 1 aromatic rings. The van der Waals surface area contributed by atoms with Crippen LogP contribution in [-0.4, -0.2) is 18.7 Å². The number of hydrogen-bond acceptors (Lipinski definition) is 2. The van der Waals surface area contributed by atoms with Crippen LogP contribution in [0.25, 0.3) is 0 Å². The van der Waals surface area contributed by atoms with Crippen molar-refractivity contribution < 1.29 is 12.3 Å². The Kier molecular flexibility index (Phi) is 1.61. The van der Waals surface area contributed by atoms with Gasteiger partial charge in [-0.05, 0) is 12.0 Å². The van der Waals surface area contributed by atoms with Gasteiger partial charge in [-0.3, -0.25) is 0 Å². The zero-order chi connectivity index (χ0) is 10.9. The molecule has 1 atom stereocenters. The summed E-state index contributed by atoms with van der Waals surface area (Å²) in [5.41, 5.74) is 0.970. The predicted molar refractivity (Wildman–Crippen MR) is 48.4 cm³/mol. The Morgan fingerprint density at radius 1 is 1.54 bits per heavy atom. The fourth-order valence-corrected chi connectivity index (χ4v) is 1.27. The van der Waals surface area contributed by atoms with Crippen LogP contribution >= 0.6 is 0 Å². The van der Waals surface area contributed by atoms with E-state index in [0.29, 0.717) is 6.42 Å². The third-order valence-corrected chi connectivity index (χ3v) is 1.87. The second-order valence-electron chi connectivity index (χ2n) is 2.89. The minimum atomic E-state index is -1.92. The van der Waals surface area contributed by atoms with Crippen molar-refractivity contribution in [2.75, 3.05) is 6.56 Å². The maximum atomic E-state index is 10.9. The van der Waals surface area contributed by atoms with E-state index in [2.05, 4.69) is 10.1 Å². The normalized spacial score (nSPS) is 27.1. The molecule has 0 aromatic heterocycles. The Bertz CT molecular complexity index is 367. The van der Waals surface area contributed by atoms with Crippen LogP contribution in [0.5, 0.6) is 0 Å². The van der Waals surface area contributed by atoms with Crippen molar-refractivity contribution in [3.8, 4) is 0 Å². The molecule has 0 bridgehead atoms. The maximum absolute atomic E-state index is 10.9. The minimum Gasteiger partial charge on any atom is -0.447 e. The third-order valence-electron chi connectivity index (χ3n) is 1.87. The average molecular weight is 179 g/mol. The molecule has 1 heterocycles. The molecule has 1 amide bonds. The highest BCUT2D eigenvalue weighted by molar-refractivity contribution is 5.69. The lowest BCUT2D eigenvalue weighted by molar-refractivity contribution is 0.177. The van der Waals surface area contributed by atoms with Crippen LogP contribution in [0, 0.1) is 0 Å². The summed E-state index contributed by atoms with van der Waals surface area (Å²) in [7, 11) is 0. The van der Waals surface area contributed by atoms with Crippen LogP contribution in [-0.2, 0) is 11.2 Å². The molecule has 1 saturated heterocycles. The fourth-order valence-electron chi connectivity index (χ4n) is 1.27. The number of carbonyl (C=O) groups is 1. The maximum Gasteiger partial charge on any atom is 0.407 e. The Balaban J connectivity index is 2.10. The molecule has 1 aromatic carbocycles.